The Hall–Kier alpha value is -1.55. The lowest BCUT2D eigenvalue weighted by Gasteiger charge is -1.96. The van der Waals surface area contributed by atoms with E-state index >= 15 is 0 Å². The van der Waals surface area contributed by atoms with Crippen molar-refractivity contribution in [2.45, 2.75) is 6.42 Å². The molecule has 0 aliphatic carbocycles. The van der Waals surface area contributed by atoms with E-state index < -0.39 is 6.09 Å². The van der Waals surface area contributed by atoms with Crippen molar-refractivity contribution in [1.29, 1.82) is 0 Å². The number of hydrogen-bond acceptors (Lipinski definition) is 2. The predicted molar refractivity (Wildman–Crippen MR) is 61.6 cm³/mol. The summed E-state index contributed by atoms with van der Waals surface area (Å²) in [5, 5.41) is 12.0. The van der Waals surface area contributed by atoms with Crippen LogP contribution in [0, 0.1) is 0 Å². The van der Waals surface area contributed by atoms with Gasteiger partial charge in [-0.25, -0.2) is 4.79 Å². The first kappa shape index (κ1) is 9.98. The zero-order valence-electron chi connectivity index (χ0n) is 8.06. The molecule has 3 nitrogen and oxygen atoms in total. The average molecular weight is 221 g/mol. The Morgan fingerprint density at radius 2 is 2.20 bits per heavy atom. The van der Waals surface area contributed by atoms with Gasteiger partial charge in [0.1, 0.15) is 0 Å². The molecule has 2 N–H and O–H groups in total. The lowest BCUT2D eigenvalue weighted by Crippen LogP contribution is -2.22. The molecule has 1 aromatic carbocycles. The van der Waals surface area contributed by atoms with E-state index in [-0.39, 0.29) is 0 Å². The Labute approximate surface area is 91.4 Å². The van der Waals surface area contributed by atoms with Crippen molar-refractivity contribution < 1.29 is 9.90 Å². The fourth-order valence-electron chi connectivity index (χ4n) is 1.45. The molecule has 1 amide bonds. The van der Waals surface area contributed by atoms with Gasteiger partial charge in [-0.3, -0.25) is 0 Å². The summed E-state index contributed by atoms with van der Waals surface area (Å²) in [5.41, 5.74) is 0. The molecule has 2 aromatic rings. The summed E-state index contributed by atoms with van der Waals surface area (Å²) in [4.78, 5) is 11.5. The summed E-state index contributed by atoms with van der Waals surface area (Å²) in [5.74, 6) is 0. The fourth-order valence-corrected chi connectivity index (χ4v) is 2.52. The lowest BCUT2D eigenvalue weighted by atomic mass is 10.2. The number of carbonyl (C=O) groups is 1. The molecule has 2 rings (SSSR count). The van der Waals surface area contributed by atoms with Crippen LogP contribution in [0.1, 0.15) is 4.88 Å². The molecule has 1 heterocycles. The Balaban J connectivity index is 2.05. The summed E-state index contributed by atoms with van der Waals surface area (Å²) in [6, 6.07) is 10.3. The molecule has 15 heavy (non-hydrogen) atoms. The number of fused-ring (bicyclic) bond motifs is 1. The maximum absolute atomic E-state index is 10.3. The number of benzene rings is 1. The van der Waals surface area contributed by atoms with Crippen LogP contribution >= 0.6 is 11.3 Å². The molecule has 4 heteroatoms. The molecule has 0 saturated heterocycles. The normalized spacial score (nSPS) is 10.4. The van der Waals surface area contributed by atoms with Crippen LogP contribution in [0.4, 0.5) is 4.79 Å². The molecule has 0 aliphatic heterocycles. The maximum Gasteiger partial charge on any atom is 0.404 e. The molecule has 0 atom stereocenters. The largest absolute Gasteiger partial charge is 0.465 e. The summed E-state index contributed by atoms with van der Waals surface area (Å²) < 4.78 is 1.25. The standard InChI is InChI=1S/C11H11NO2S/c13-11(14)12-6-5-9-7-8-3-1-2-4-10(8)15-9/h1-4,7,12H,5-6H2,(H,13,14). The van der Waals surface area contributed by atoms with Crippen LogP contribution in [0.25, 0.3) is 10.1 Å². The highest BCUT2D eigenvalue weighted by molar-refractivity contribution is 7.19. The fraction of sp³-hybridized carbons (Fsp3) is 0.182. The molecule has 0 unspecified atom stereocenters. The Morgan fingerprint density at radius 3 is 2.93 bits per heavy atom. The number of nitrogens with one attached hydrogen (secondary N) is 1. The number of thiophene rings is 1. The van der Waals surface area contributed by atoms with E-state index in [2.05, 4.69) is 23.5 Å². The van der Waals surface area contributed by atoms with Gasteiger partial charge < -0.3 is 10.4 Å². The van der Waals surface area contributed by atoms with Crippen LogP contribution in [0.15, 0.2) is 30.3 Å². The third kappa shape index (κ3) is 2.47. The van der Waals surface area contributed by atoms with Gasteiger partial charge in [0.05, 0.1) is 0 Å². The van der Waals surface area contributed by atoms with Crippen LogP contribution in [0.2, 0.25) is 0 Å². The van der Waals surface area contributed by atoms with Gasteiger partial charge in [0, 0.05) is 16.1 Å². The van der Waals surface area contributed by atoms with Crippen molar-refractivity contribution in [2.75, 3.05) is 6.54 Å². The SMILES string of the molecule is O=C(O)NCCc1cc2ccccc2s1. The zero-order valence-corrected chi connectivity index (χ0v) is 8.88. The van der Waals surface area contributed by atoms with E-state index in [1.807, 2.05) is 12.1 Å². The van der Waals surface area contributed by atoms with Gasteiger partial charge in [-0.1, -0.05) is 18.2 Å². The second-order valence-electron chi connectivity index (χ2n) is 3.23. The van der Waals surface area contributed by atoms with Crippen molar-refractivity contribution >= 4 is 27.5 Å². The van der Waals surface area contributed by atoms with E-state index in [9.17, 15) is 4.79 Å². The maximum atomic E-state index is 10.3. The molecule has 0 aliphatic rings. The third-order valence-corrected chi connectivity index (χ3v) is 3.30. The highest BCUT2D eigenvalue weighted by Gasteiger charge is 2.01. The van der Waals surface area contributed by atoms with Gasteiger partial charge in [-0.2, -0.15) is 0 Å². The van der Waals surface area contributed by atoms with Crippen molar-refractivity contribution in [2.24, 2.45) is 0 Å². The molecule has 0 bridgehead atoms. The quantitative estimate of drug-likeness (QED) is 0.837. The Kier molecular flexibility index (Phi) is 2.87. The van der Waals surface area contributed by atoms with Crippen LogP contribution in [0.3, 0.4) is 0 Å². The van der Waals surface area contributed by atoms with Gasteiger partial charge in [0.15, 0.2) is 0 Å². The molecule has 0 radical (unpaired) electrons. The first-order valence-electron chi connectivity index (χ1n) is 4.70. The van der Waals surface area contributed by atoms with Gasteiger partial charge in [0.25, 0.3) is 0 Å². The summed E-state index contributed by atoms with van der Waals surface area (Å²) in [6.45, 7) is 0.474. The zero-order chi connectivity index (χ0) is 10.7. The number of amides is 1. The Morgan fingerprint density at radius 1 is 1.40 bits per heavy atom. The molecule has 0 spiro atoms. The summed E-state index contributed by atoms with van der Waals surface area (Å²) in [6.07, 6.45) is -0.206. The lowest BCUT2D eigenvalue weighted by molar-refractivity contribution is 0.194. The smallest absolute Gasteiger partial charge is 0.404 e. The Bertz CT molecular complexity index is 445. The van der Waals surface area contributed by atoms with Gasteiger partial charge in [-0.15, -0.1) is 11.3 Å². The first-order chi connectivity index (χ1) is 7.25. The second-order valence-corrected chi connectivity index (χ2v) is 4.40. The van der Waals surface area contributed by atoms with Gasteiger partial charge >= 0.3 is 6.09 Å². The summed E-state index contributed by atoms with van der Waals surface area (Å²) >= 11 is 1.72. The minimum atomic E-state index is -0.962. The van der Waals surface area contributed by atoms with Crippen molar-refractivity contribution in [1.82, 2.24) is 5.32 Å². The minimum absolute atomic E-state index is 0.474. The average Bonchev–Trinajstić information content (AvgIpc) is 2.59. The monoisotopic (exact) mass is 221 g/mol. The van der Waals surface area contributed by atoms with Crippen molar-refractivity contribution in [3.63, 3.8) is 0 Å². The van der Waals surface area contributed by atoms with Crippen LogP contribution in [-0.4, -0.2) is 17.7 Å². The number of rotatable bonds is 3. The van der Waals surface area contributed by atoms with Crippen molar-refractivity contribution in [3.8, 4) is 0 Å². The molecule has 0 fully saturated rings. The van der Waals surface area contributed by atoms with Gasteiger partial charge in [0.2, 0.25) is 0 Å². The van der Waals surface area contributed by atoms with Crippen LogP contribution in [-0.2, 0) is 6.42 Å². The van der Waals surface area contributed by atoms with E-state index in [0.717, 1.165) is 6.42 Å². The molecular weight excluding hydrogens is 210 g/mol. The second kappa shape index (κ2) is 4.31. The summed E-state index contributed by atoms with van der Waals surface area (Å²) in [7, 11) is 0. The molecule has 0 saturated carbocycles. The van der Waals surface area contributed by atoms with E-state index in [1.54, 1.807) is 11.3 Å². The molecular formula is C11H11NO2S. The van der Waals surface area contributed by atoms with E-state index in [0.29, 0.717) is 6.54 Å². The minimum Gasteiger partial charge on any atom is -0.465 e. The van der Waals surface area contributed by atoms with E-state index in [1.165, 1.54) is 15.0 Å². The van der Waals surface area contributed by atoms with Crippen molar-refractivity contribution in [3.05, 3.63) is 35.2 Å². The molecule has 78 valence electrons. The van der Waals surface area contributed by atoms with Crippen LogP contribution < -0.4 is 5.32 Å². The van der Waals surface area contributed by atoms with Crippen LogP contribution in [0.5, 0.6) is 0 Å². The number of hydrogen-bond donors (Lipinski definition) is 2. The van der Waals surface area contributed by atoms with Gasteiger partial charge in [-0.05, 0) is 23.9 Å². The predicted octanol–water partition coefficient (Wildman–Crippen LogP) is 2.71. The highest BCUT2D eigenvalue weighted by atomic mass is 32.1. The molecule has 1 aromatic heterocycles. The third-order valence-electron chi connectivity index (χ3n) is 2.12. The first-order valence-corrected chi connectivity index (χ1v) is 5.51. The topological polar surface area (TPSA) is 49.3 Å². The van der Waals surface area contributed by atoms with E-state index in [4.69, 9.17) is 5.11 Å². The number of carboxylic acid groups (broad SMARTS) is 1. The highest BCUT2D eigenvalue weighted by Crippen LogP contribution is 2.25.